The minimum absolute atomic E-state index is 0.139. The number of nitrogens with zero attached hydrogens (tertiary/aromatic N) is 2. The fourth-order valence-corrected chi connectivity index (χ4v) is 2.07. The summed E-state index contributed by atoms with van der Waals surface area (Å²) in [5.74, 6) is 0.314. The molecule has 4 heteroatoms. The van der Waals surface area contributed by atoms with Gasteiger partial charge in [0.15, 0.2) is 0 Å². The van der Waals surface area contributed by atoms with Crippen LogP contribution in [0.5, 0.6) is 0 Å². The quantitative estimate of drug-likeness (QED) is 0.908. The van der Waals surface area contributed by atoms with Crippen LogP contribution < -0.4 is 5.73 Å². The molecule has 2 N–H and O–H groups in total. The molecule has 1 aromatic rings. The first-order valence-electron chi connectivity index (χ1n) is 4.93. The average molecular weight is 260 g/mol. The first kappa shape index (κ1) is 11.7. The van der Waals surface area contributed by atoms with Crippen LogP contribution in [0.4, 0.5) is 0 Å². The van der Waals surface area contributed by atoms with E-state index in [2.05, 4.69) is 41.8 Å². The van der Waals surface area contributed by atoms with Crippen molar-refractivity contribution < 1.29 is 0 Å². The summed E-state index contributed by atoms with van der Waals surface area (Å²) in [6, 6.07) is 0.512. The maximum Gasteiger partial charge on any atom is 0.0635 e. The lowest BCUT2D eigenvalue weighted by Crippen LogP contribution is -2.25. The van der Waals surface area contributed by atoms with E-state index in [0.717, 1.165) is 4.47 Å². The zero-order valence-corrected chi connectivity index (χ0v) is 10.7. The lowest BCUT2D eigenvalue weighted by molar-refractivity contribution is 0.470. The second-order valence-corrected chi connectivity index (χ2v) is 4.92. The van der Waals surface area contributed by atoms with Crippen molar-refractivity contribution in [3.05, 3.63) is 16.4 Å². The number of nitrogens with two attached hydrogens (primary N) is 1. The van der Waals surface area contributed by atoms with Gasteiger partial charge in [0, 0.05) is 18.0 Å². The molecule has 1 heterocycles. The number of rotatable bonds is 3. The van der Waals surface area contributed by atoms with E-state index in [1.807, 2.05) is 17.8 Å². The summed E-state index contributed by atoms with van der Waals surface area (Å²) in [7, 11) is 0. The minimum atomic E-state index is 0.139. The SMILES string of the molecule is CC(N)C(C)c1c(Br)cnn1C(C)C. The monoisotopic (exact) mass is 259 g/mol. The van der Waals surface area contributed by atoms with Gasteiger partial charge >= 0.3 is 0 Å². The molecule has 0 amide bonds. The largest absolute Gasteiger partial charge is 0.327 e. The van der Waals surface area contributed by atoms with Crippen LogP contribution >= 0.6 is 15.9 Å². The number of hydrogen-bond acceptors (Lipinski definition) is 2. The Morgan fingerprint density at radius 2 is 1.93 bits per heavy atom. The van der Waals surface area contributed by atoms with Crippen molar-refractivity contribution in [2.45, 2.75) is 45.7 Å². The Kier molecular flexibility index (Phi) is 3.72. The van der Waals surface area contributed by atoms with Gasteiger partial charge in [-0.3, -0.25) is 4.68 Å². The van der Waals surface area contributed by atoms with E-state index in [0.29, 0.717) is 12.0 Å². The molecule has 1 aromatic heterocycles. The molecule has 80 valence electrons. The van der Waals surface area contributed by atoms with Gasteiger partial charge in [-0.15, -0.1) is 0 Å². The molecule has 3 nitrogen and oxygen atoms in total. The molecule has 0 saturated heterocycles. The Morgan fingerprint density at radius 3 is 2.36 bits per heavy atom. The highest BCUT2D eigenvalue weighted by Crippen LogP contribution is 2.28. The van der Waals surface area contributed by atoms with Crippen molar-refractivity contribution >= 4 is 15.9 Å². The second-order valence-electron chi connectivity index (χ2n) is 4.06. The van der Waals surface area contributed by atoms with Crippen LogP contribution in [0.1, 0.15) is 45.3 Å². The van der Waals surface area contributed by atoms with Crippen LogP contribution in [0.15, 0.2) is 10.7 Å². The van der Waals surface area contributed by atoms with Gasteiger partial charge in [0.1, 0.15) is 0 Å². The van der Waals surface area contributed by atoms with Gasteiger partial charge < -0.3 is 5.73 Å². The van der Waals surface area contributed by atoms with Crippen LogP contribution in [0.2, 0.25) is 0 Å². The minimum Gasteiger partial charge on any atom is -0.327 e. The van der Waals surface area contributed by atoms with E-state index in [9.17, 15) is 0 Å². The third-order valence-corrected chi connectivity index (χ3v) is 3.11. The molecule has 1 rings (SSSR count). The fourth-order valence-electron chi connectivity index (χ4n) is 1.44. The van der Waals surface area contributed by atoms with Gasteiger partial charge in [0.05, 0.1) is 16.4 Å². The van der Waals surface area contributed by atoms with Crippen LogP contribution in [0.25, 0.3) is 0 Å². The topological polar surface area (TPSA) is 43.8 Å². The van der Waals surface area contributed by atoms with E-state index in [1.54, 1.807) is 0 Å². The lowest BCUT2D eigenvalue weighted by Gasteiger charge is -2.20. The third kappa shape index (κ3) is 2.17. The fraction of sp³-hybridized carbons (Fsp3) is 0.700. The first-order chi connectivity index (χ1) is 6.45. The zero-order chi connectivity index (χ0) is 10.9. The van der Waals surface area contributed by atoms with Gasteiger partial charge in [-0.2, -0.15) is 5.10 Å². The summed E-state index contributed by atoms with van der Waals surface area (Å²) < 4.78 is 3.08. The van der Waals surface area contributed by atoms with E-state index in [-0.39, 0.29) is 6.04 Å². The van der Waals surface area contributed by atoms with Gasteiger partial charge in [-0.25, -0.2) is 0 Å². The first-order valence-corrected chi connectivity index (χ1v) is 5.73. The van der Waals surface area contributed by atoms with Gasteiger partial charge in [-0.05, 0) is 36.7 Å². The van der Waals surface area contributed by atoms with Crippen LogP contribution in [-0.4, -0.2) is 15.8 Å². The molecule has 0 aromatic carbocycles. The van der Waals surface area contributed by atoms with Crippen LogP contribution in [-0.2, 0) is 0 Å². The zero-order valence-electron chi connectivity index (χ0n) is 9.16. The van der Waals surface area contributed by atoms with E-state index in [4.69, 9.17) is 5.73 Å². The molecular weight excluding hydrogens is 242 g/mol. The number of hydrogen-bond donors (Lipinski definition) is 1. The molecule has 14 heavy (non-hydrogen) atoms. The van der Waals surface area contributed by atoms with Crippen molar-refractivity contribution in [2.24, 2.45) is 5.73 Å². The van der Waals surface area contributed by atoms with E-state index >= 15 is 0 Å². The summed E-state index contributed by atoms with van der Waals surface area (Å²) >= 11 is 3.52. The maximum absolute atomic E-state index is 5.90. The molecule has 2 atom stereocenters. The van der Waals surface area contributed by atoms with Crippen molar-refractivity contribution in [3.63, 3.8) is 0 Å². The van der Waals surface area contributed by atoms with Crippen LogP contribution in [0, 0.1) is 0 Å². The summed E-state index contributed by atoms with van der Waals surface area (Å²) in [4.78, 5) is 0. The number of aromatic nitrogens is 2. The standard InChI is InChI=1S/C10H18BrN3/c1-6(2)14-10(7(3)8(4)12)9(11)5-13-14/h5-8H,12H2,1-4H3. The van der Waals surface area contributed by atoms with Gasteiger partial charge in [0.25, 0.3) is 0 Å². The van der Waals surface area contributed by atoms with E-state index < -0.39 is 0 Å². The Balaban J connectivity index is 3.10. The second kappa shape index (κ2) is 4.45. The Morgan fingerprint density at radius 1 is 1.36 bits per heavy atom. The smallest absolute Gasteiger partial charge is 0.0635 e. The molecule has 0 fully saturated rings. The van der Waals surface area contributed by atoms with E-state index in [1.165, 1.54) is 5.69 Å². The highest BCUT2D eigenvalue weighted by molar-refractivity contribution is 9.10. The summed E-state index contributed by atoms with van der Waals surface area (Å²) in [5.41, 5.74) is 7.09. The molecule has 0 bridgehead atoms. The molecule has 2 unspecified atom stereocenters. The molecule has 0 aliphatic heterocycles. The lowest BCUT2D eigenvalue weighted by atomic mass is 10.0. The van der Waals surface area contributed by atoms with Crippen molar-refractivity contribution in [1.29, 1.82) is 0 Å². The summed E-state index contributed by atoms with van der Waals surface area (Å²) in [6.07, 6.45) is 1.84. The molecule has 0 saturated carbocycles. The van der Waals surface area contributed by atoms with Gasteiger partial charge in [-0.1, -0.05) is 6.92 Å². The Bertz CT molecular complexity index is 304. The predicted octanol–water partition coefficient (Wildman–Crippen LogP) is 2.68. The third-order valence-electron chi connectivity index (χ3n) is 2.50. The molecule has 0 aliphatic carbocycles. The van der Waals surface area contributed by atoms with Crippen molar-refractivity contribution in [1.82, 2.24) is 9.78 Å². The molecule has 0 spiro atoms. The van der Waals surface area contributed by atoms with Crippen LogP contribution in [0.3, 0.4) is 0 Å². The highest BCUT2D eigenvalue weighted by Gasteiger charge is 2.20. The number of halogens is 1. The molecule has 0 aliphatic rings. The van der Waals surface area contributed by atoms with Crippen molar-refractivity contribution in [3.8, 4) is 0 Å². The average Bonchev–Trinajstić information content (AvgIpc) is 2.45. The van der Waals surface area contributed by atoms with Gasteiger partial charge in [0.2, 0.25) is 0 Å². The normalized spacial score (nSPS) is 15.9. The predicted molar refractivity (Wildman–Crippen MR) is 62.4 cm³/mol. The highest BCUT2D eigenvalue weighted by atomic mass is 79.9. The Labute approximate surface area is 93.8 Å². The Hall–Kier alpha value is -0.350. The van der Waals surface area contributed by atoms with Crippen molar-refractivity contribution in [2.75, 3.05) is 0 Å². The summed E-state index contributed by atoms with van der Waals surface area (Å²) in [6.45, 7) is 8.40. The summed E-state index contributed by atoms with van der Waals surface area (Å²) in [5, 5.41) is 4.33. The molecular formula is C10H18BrN3. The maximum atomic E-state index is 5.90. The molecule has 0 radical (unpaired) electrons.